The van der Waals surface area contributed by atoms with Crippen molar-refractivity contribution in [1.29, 1.82) is 0 Å². The fourth-order valence-corrected chi connectivity index (χ4v) is 4.12. The van der Waals surface area contributed by atoms with Gasteiger partial charge in [-0.3, -0.25) is 9.69 Å². The first-order valence-electron chi connectivity index (χ1n) is 8.88. The summed E-state index contributed by atoms with van der Waals surface area (Å²) in [5.41, 5.74) is 2.52. The molecule has 0 saturated heterocycles. The fraction of sp³-hybridized carbons (Fsp3) is 0.250. The zero-order valence-electron chi connectivity index (χ0n) is 15.7. The van der Waals surface area contributed by atoms with E-state index in [1.165, 1.54) is 6.26 Å². The maximum Gasteiger partial charge on any atom is 0.259 e. The summed E-state index contributed by atoms with van der Waals surface area (Å²) >= 11 is 0. The van der Waals surface area contributed by atoms with Crippen LogP contribution in [-0.2, 0) is 15.6 Å². The van der Waals surface area contributed by atoms with E-state index in [0.717, 1.165) is 11.0 Å². The molecule has 1 aromatic heterocycles. The van der Waals surface area contributed by atoms with Crippen LogP contribution in [0.15, 0.2) is 48.5 Å². The number of anilines is 2. The van der Waals surface area contributed by atoms with Gasteiger partial charge in [-0.1, -0.05) is 24.3 Å². The van der Waals surface area contributed by atoms with E-state index in [4.69, 9.17) is 0 Å². The molecule has 1 aliphatic heterocycles. The van der Waals surface area contributed by atoms with Crippen LogP contribution < -0.4 is 9.80 Å². The number of carbonyl (C=O) groups excluding carboxylic acids is 1. The fourth-order valence-electron chi connectivity index (χ4n) is 3.33. The predicted octanol–water partition coefficient (Wildman–Crippen LogP) is 2.27. The molecule has 3 aromatic rings. The number of likely N-dealkylation sites (N-methyl/N-ethyl adjacent to an activating group) is 1. The zero-order valence-corrected chi connectivity index (χ0v) is 16.5. The van der Waals surface area contributed by atoms with E-state index in [0.29, 0.717) is 35.9 Å². The number of para-hydroxylation sites is 2. The van der Waals surface area contributed by atoms with Gasteiger partial charge >= 0.3 is 0 Å². The molecular weight excluding hydrogens is 376 g/mol. The Labute approximate surface area is 163 Å². The molecule has 0 spiro atoms. The van der Waals surface area contributed by atoms with Gasteiger partial charge in [-0.05, 0) is 29.8 Å². The molecule has 7 nitrogen and oxygen atoms in total. The Hall–Kier alpha value is -3.00. The number of carbonyl (C=O) groups is 1. The number of fused-ring (bicyclic) bond motifs is 2. The van der Waals surface area contributed by atoms with Crippen molar-refractivity contribution in [3.8, 4) is 0 Å². The first kappa shape index (κ1) is 18.4. The minimum absolute atomic E-state index is 0.0993. The number of rotatable bonds is 3. The topological polar surface area (TPSA) is 83.5 Å². The highest BCUT2D eigenvalue weighted by atomic mass is 32.2. The highest BCUT2D eigenvalue weighted by Crippen LogP contribution is 2.31. The largest absolute Gasteiger partial charge is 0.355 e. The van der Waals surface area contributed by atoms with E-state index >= 15 is 0 Å². The van der Waals surface area contributed by atoms with Crippen LogP contribution in [0.1, 0.15) is 15.9 Å². The molecule has 1 amide bonds. The van der Waals surface area contributed by atoms with Crippen molar-refractivity contribution in [2.75, 3.05) is 36.2 Å². The molecule has 8 heteroatoms. The van der Waals surface area contributed by atoms with Crippen molar-refractivity contribution in [2.24, 2.45) is 0 Å². The molecule has 0 unspecified atom stereocenters. The van der Waals surface area contributed by atoms with Crippen LogP contribution in [0.4, 0.5) is 11.6 Å². The second kappa shape index (κ2) is 6.87. The van der Waals surface area contributed by atoms with Crippen LogP contribution in [0.5, 0.6) is 0 Å². The van der Waals surface area contributed by atoms with Crippen LogP contribution in [0.2, 0.25) is 0 Å². The van der Waals surface area contributed by atoms with Gasteiger partial charge in [-0.15, -0.1) is 0 Å². The molecule has 0 radical (unpaired) electrons. The monoisotopic (exact) mass is 396 g/mol. The molecule has 1 aliphatic rings. The van der Waals surface area contributed by atoms with Crippen LogP contribution in [0, 0.1) is 0 Å². The number of benzene rings is 2. The molecule has 4 rings (SSSR count). The molecule has 2 aromatic carbocycles. The van der Waals surface area contributed by atoms with Gasteiger partial charge in [0.2, 0.25) is 0 Å². The Morgan fingerprint density at radius 1 is 1.00 bits per heavy atom. The first-order valence-corrected chi connectivity index (χ1v) is 10.9. The molecule has 2 heterocycles. The van der Waals surface area contributed by atoms with Crippen molar-refractivity contribution < 1.29 is 13.2 Å². The lowest BCUT2D eigenvalue weighted by Gasteiger charge is -2.33. The minimum Gasteiger partial charge on any atom is -0.355 e. The van der Waals surface area contributed by atoms with Gasteiger partial charge in [0.05, 0.1) is 16.8 Å². The third kappa shape index (κ3) is 3.55. The number of amides is 1. The van der Waals surface area contributed by atoms with Crippen molar-refractivity contribution in [2.45, 2.75) is 5.75 Å². The normalized spacial score (nSPS) is 14.2. The lowest BCUT2D eigenvalue weighted by Crippen LogP contribution is -2.43. The highest BCUT2D eigenvalue weighted by Gasteiger charge is 2.29. The third-order valence-corrected chi connectivity index (χ3v) is 5.52. The van der Waals surface area contributed by atoms with Gasteiger partial charge in [-0.2, -0.15) is 0 Å². The number of sulfone groups is 1. The Morgan fingerprint density at radius 3 is 2.36 bits per heavy atom. The smallest absolute Gasteiger partial charge is 0.259 e. The number of nitrogens with zero attached hydrogens (tertiary/aromatic N) is 4. The molecule has 0 fully saturated rings. The van der Waals surface area contributed by atoms with Crippen LogP contribution in [-0.4, -0.2) is 50.7 Å². The third-order valence-electron chi connectivity index (χ3n) is 4.66. The van der Waals surface area contributed by atoms with Crippen molar-refractivity contribution in [3.63, 3.8) is 0 Å². The van der Waals surface area contributed by atoms with Gasteiger partial charge in [0.15, 0.2) is 21.5 Å². The number of aromatic nitrogens is 2. The van der Waals surface area contributed by atoms with Gasteiger partial charge in [0, 0.05) is 32.0 Å². The summed E-state index contributed by atoms with van der Waals surface area (Å²) in [4.78, 5) is 26.2. The summed E-state index contributed by atoms with van der Waals surface area (Å²) in [5.74, 6) is 0.864. The van der Waals surface area contributed by atoms with Gasteiger partial charge in [0.25, 0.3) is 5.91 Å². The average molecular weight is 396 g/mol. The summed E-state index contributed by atoms with van der Waals surface area (Å²) in [6.45, 7) is 1.11. The van der Waals surface area contributed by atoms with E-state index in [1.54, 1.807) is 29.2 Å². The second-order valence-electron chi connectivity index (χ2n) is 7.01. The predicted molar refractivity (Wildman–Crippen MR) is 109 cm³/mol. The number of hydrogen-bond donors (Lipinski definition) is 0. The molecule has 0 N–H and O–H groups in total. The standard InChI is InChI=1S/C20H20N4O3S/c1-23-10-11-24(19-18(23)21-16-8-3-4-9-17(16)22-19)20(25)15-7-5-6-14(12-15)13-28(2,26)27/h3-9,12H,10-11,13H2,1-2H3. The Balaban J connectivity index is 1.75. The molecular formula is C20H20N4O3S. The molecule has 28 heavy (non-hydrogen) atoms. The molecule has 144 valence electrons. The second-order valence-corrected chi connectivity index (χ2v) is 9.15. The minimum atomic E-state index is -3.18. The maximum atomic E-state index is 13.2. The summed E-state index contributed by atoms with van der Waals surface area (Å²) in [6.07, 6.45) is 1.18. The number of hydrogen-bond acceptors (Lipinski definition) is 6. The Bertz CT molecular complexity index is 1180. The van der Waals surface area contributed by atoms with Crippen LogP contribution in [0.25, 0.3) is 11.0 Å². The SMILES string of the molecule is CN1CCN(C(=O)c2cccc(CS(C)(=O)=O)c2)c2nc3ccccc3nc21. The molecule has 0 aliphatic carbocycles. The van der Waals surface area contributed by atoms with Gasteiger partial charge in [-0.25, -0.2) is 18.4 Å². The molecule has 0 atom stereocenters. The van der Waals surface area contributed by atoms with Crippen LogP contribution in [0.3, 0.4) is 0 Å². The summed E-state index contributed by atoms with van der Waals surface area (Å²) in [7, 11) is -1.25. The van der Waals surface area contributed by atoms with E-state index in [1.807, 2.05) is 36.2 Å². The lowest BCUT2D eigenvalue weighted by molar-refractivity contribution is 0.0985. The Kier molecular flexibility index (Phi) is 4.50. The van der Waals surface area contributed by atoms with Gasteiger partial charge < -0.3 is 4.90 Å². The van der Waals surface area contributed by atoms with Crippen molar-refractivity contribution in [1.82, 2.24) is 9.97 Å². The summed E-state index contributed by atoms with van der Waals surface area (Å²) in [6, 6.07) is 14.3. The average Bonchev–Trinajstić information content (AvgIpc) is 2.65. The lowest BCUT2D eigenvalue weighted by atomic mass is 10.1. The van der Waals surface area contributed by atoms with E-state index in [9.17, 15) is 13.2 Å². The zero-order chi connectivity index (χ0) is 19.9. The van der Waals surface area contributed by atoms with Crippen molar-refractivity contribution in [3.05, 3.63) is 59.7 Å². The molecule has 0 saturated carbocycles. The van der Waals surface area contributed by atoms with Gasteiger partial charge in [0.1, 0.15) is 0 Å². The molecule has 0 bridgehead atoms. The van der Waals surface area contributed by atoms with E-state index < -0.39 is 9.84 Å². The highest BCUT2D eigenvalue weighted by molar-refractivity contribution is 7.89. The van der Waals surface area contributed by atoms with E-state index in [-0.39, 0.29) is 11.7 Å². The van der Waals surface area contributed by atoms with Crippen LogP contribution >= 0.6 is 0 Å². The summed E-state index contributed by atoms with van der Waals surface area (Å²) in [5, 5.41) is 0. The quantitative estimate of drug-likeness (QED) is 0.675. The maximum absolute atomic E-state index is 13.2. The van der Waals surface area contributed by atoms with E-state index in [2.05, 4.69) is 9.97 Å². The first-order chi connectivity index (χ1) is 13.3. The Morgan fingerprint density at radius 2 is 1.68 bits per heavy atom. The van der Waals surface area contributed by atoms with Crippen molar-refractivity contribution >= 4 is 38.4 Å². The summed E-state index contributed by atoms with van der Waals surface area (Å²) < 4.78 is 23.2.